The Hall–Kier alpha value is -3.86. The number of aliphatic imine (C=N–C) groups is 2. The van der Waals surface area contributed by atoms with Gasteiger partial charge in [0.1, 0.15) is 10.3 Å². The Bertz CT molecular complexity index is 1380. The summed E-state index contributed by atoms with van der Waals surface area (Å²) in [6, 6.07) is 28.4. The third kappa shape index (κ3) is 4.21. The maximum absolute atomic E-state index is 13.2. The van der Waals surface area contributed by atoms with E-state index in [9.17, 15) is 9.59 Å². The molecule has 0 spiro atoms. The molecule has 5 rings (SSSR count). The second kappa shape index (κ2) is 9.18. The minimum Gasteiger partial charge on any atom is -0.289 e. The molecule has 0 heterocycles. The van der Waals surface area contributed by atoms with Gasteiger partial charge in [0.05, 0.1) is 11.4 Å². The quantitative estimate of drug-likeness (QED) is 0.256. The maximum Gasteiger partial charge on any atom is 0.194 e. The molecule has 0 unspecified atom stereocenters. The van der Waals surface area contributed by atoms with Crippen molar-refractivity contribution in [1.29, 1.82) is 0 Å². The first-order valence-corrected chi connectivity index (χ1v) is 11.2. The van der Waals surface area contributed by atoms with Gasteiger partial charge in [-0.1, -0.05) is 83.9 Å². The molecule has 34 heavy (non-hydrogen) atoms. The van der Waals surface area contributed by atoms with E-state index in [0.717, 1.165) is 11.1 Å². The summed E-state index contributed by atoms with van der Waals surface area (Å²) in [6.45, 7) is 0. The molecule has 0 saturated heterocycles. The van der Waals surface area contributed by atoms with Crippen LogP contribution < -0.4 is 0 Å². The van der Waals surface area contributed by atoms with Crippen molar-refractivity contribution >= 4 is 56.5 Å². The molecule has 0 aromatic heterocycles. The molecule has 6 heteroatoms. The Morgan fingerprint density at radius 3 is 1.26 bits per heavy atom. The third-order valence-corrected chi connectivity index (χ3v) is 6.07. The average molecular weight is 483 g/mol. The number of carbonyl (C=O) groups excluding carboxylic acids is 2. The van der Waals surface area contributed by atoms with Crippen LogP contribution in [0.2, 0.25) is 0 Å². The van der Waals surface area contributed by atoms with E-state index in [-0.39, 0.29) is 11.6 Å². The second-order valence-corrected chi connectivity index (χ2v) is 8.37. The van der Waals surface area contributed by atoms with Crippen LogP contribution in [0.3, 0.4) is 0 Å². The Labute approximate surface area is 206 Å². The minimum absolute atomic E-state index is 0.248. The number of hydrogen-bond donors (Lipinski definition) is 0. The van der Waals surface area contributed by atoms with E-state index in [1.807, 2.05) is 60.7 Å². The Kier molecular flexibility index (Phi) is 5.93. The zero-order chi connectivity index (χ0) is 23.7. The van der Waals surface area contributed by atoms with Gasteiger partial charge in [0.15, 0.2) is 11.6 Å². The molecule has 0 aliphatic heterocycles. The molecule has 0 fully saturated rings. The topological polar surface area (TPSA) is 58.9 Å². The number of carbonyl (C=O) groups is 2. The molecule has 1 aliphatic rings. The summed E-state index contributed by atoms with van der Waals surface area (Å²) in [4.78, 5) is 35.3. The molecule has 0 atom stereocenters. The number of hydrogen-bond acceptors (Lipinski definition) is 4. The lowest BCUT2D eigenvalue weighted by atomic mass is 9.83. The molecule has 0 radical (unpaired) electrons. The van der Waals surface area contributed by atoms with Crippen molar-refractivity contribution in [3.05, 3.63) is 130 Å². The summed E-state index contributed by atoms with van der Waals surface area (Å²) < 4.78 is 0. The van der Waals surface area contributed by atoms with Crippen LogP contribution in [0.25, 0.3) is 0 Å². The zero-order valence-electron chi connectivity index (χ0n) is 17.7. The second-order valence-electron chi connectivity index (χ2n) is 7.66. The van der Waals surface area contributed by atoms with Crippen LogP contribution in [0.1, 0.15) is 43.0 Å². The van der Waals surface area contributed by atoms with Crippen molar-refractivity contribution in [3.63, 3.8) is 0 Å². The van der Waals surface area contributed by atoms with Gasteiger partial charge in [0.25, 0.3) is 0 Å². The number of ketones is 2. The lowest BCUT2D eigenvalue weighted by molar-refractivity contribution is 0.0979. The van der Waals surface area contributed by atoms with Crippen molar-refractivity contribution in [3.8, 4) is 0 Å². The van der Waals surface area contributed by atoms with Gasteiger partial charge in [-0.05, 0) is 36.4 Å². The number of halogens is 2. The lowest BCUT2D eigenvalue weighted by Crippen LogP contribution is -2.20. The average Bonchev–Trinajstić information content (AvgIpc) is 2.88. The first-order chi connectivity index (χ1) is 16.5. The van der Waals surface area contributed by atoms with Gasteiger partial charge < -0.3 is 0 Å². The van der Waals surface area contributed by atoms with E-state index >= 15 is 0 Å². The van der Waals surface area contributed by atoms with Crippen LogP contribution in [0.4, 0.5) is 11.4 Å². The van der Waals surface area contributed by atoms with Gasteiger partial charge in [-0.3, -0.25) is 9.59 Å². The number of fused-ring (bicyclic) bond motifs is 2. The third-order valence-electron chi connectivity index (χ3n) is 5.46. The highest BCUT2D eigenvalue weighted by atomic mass is 35.5. The van der Waals surface area contributed by atoms with Crippen molar-refractivity contribution < 1.29 is 9.59 Å². The Morgan fingerprint density at radius 1 is 0.500 bits per heavy atom. The molecule has 0 N–H and O–H groups in total. The first-order valence-electron chi connectivity index (χ1n) is 10.5. The Balaban J connectivity index is 1.49. The van der Waals surface area contributed by atoms with E-state index in [1.165, 1.54) is 0 Å². The maximum atomic E-state index is 13.2. The largest absolute Gasteiger partial charge is 0.289 e. The van der Waals surface area contributed by atoms with Crippen LogP contribution in [-0.4, -0.2) is 21.9 Å². The molecule has 164 valence electrons. The molecule has 4 aromatic carbocycles. The monoisotopic (exact) mass is 482 g/mol. The van der Waals surface area contributed by atoms with Gasteiger partial charge in [-0.15, -0.1) is 0 Å². The summed E-state index contributed by atoms with van der Waals surface area (Å²) in [7, 11) is 0. The zero-order valence-corrected chi connectivity index (χ0v) is 19.2. The van der Waals surface area contributed by atoms with E-state index in [4.69, 9.17) is 23.2 Å². The fraction of sp³-hybridized carbons (Fsp3) is 0. The normalized spacial score (nSPS) is 13.5. The SMILES string of the molecule is O=C1c2ccc(N=C(Cl)c3ccccc3)cc2C(=O)c2ccc(N=C(Cl)c3ccccc3)cc21. The molecule has 1 aliphatic carbocycles. The Morgan fingerprint density at radius 2 is 0.882 bits per heavy atom. The summed E-state index contributed by atoms with van der Waals surface area (Å²) in [5.74, 6) is -0.496. The van der Waals surface area contributed by atoms with Gasteiger partial charge in [0, 0.05) is 33.4 Å². The van der Waals surface area contributed by atoms with Crippen molar-refractivity contribution in [2.75, 3.05) is 0 Å². The van der Waals surface area contributed by atoms with Crippen molar-refractivity contribution in [1.82, 2.24) is 0 Å². The van der Waals surface area contributed by atoms with Gasteiger partial charge in [-0.25, -0.2) is 9.98 Å². The predicted octanol–water partition coefficient (Wildman–Crippen LogP) is 7.10. The van der Waals surface area contributed by atoms with Crippen molar-refractivity contribution in [2.24, 2.45) is 9.98 Å². The highest BCUT2D eigenvalue weighted by Crippen LogP contribution is 2.32. The van der Waals surface area contributed by atoms with E-state index in [1.54, 1.807) is 36.4 Å². The molecule has 0 saturated carbocycles. The molecular formula is C28H16Cl2N2O2. The fourth-order valence-electron chi connectivity index (χ4n) is 3.77. The number of nitrogens with zero attached hydrogens (tertiary/aromatic N) is 2. The summed E-state index contributed by atoms with van der Waals surface area (Å²) >= 11 is 12.7. The highest BCUT2D eigenvalue weighted by molar-refractivity contribution is 6.70. The summed E-state index contributed by atoms with van der Waals surface area (Å²) in [5, 5.41) is 0.599. The molecular weight excluding hydrogens is 467 g/mol. The van der Waals surface area contributed by atoms with Gasteiger partial charge in [-0.2, -0.15) is 0 Å². The fourth-order valence-corrected chi connectivity index (χ4v) is 4.22. The van der Waals surface area contributed by atoms with E-state index in [0.29, 0.717) is 44.0 Å². The summed E-state index contributed by atoms with van der Waals surface area (Å²) in [6.07, 6.45) is 0. The van der Waals surface area contributed by atoms with Crippen LogP contribution in [0.5, 0.6) is 0 Å². The van der Waals surface area contributed by atoms with Crippen LogP contribution >= 0.6 is 23.2 Å². The first kappa shape index (κ1) is 22.0. The van der Waals surface area contributed by atoms with E-state index < -0.39 is 0 Å². The molecule has 0 bridgehead atoms. The smallest absolute Gasteiger partial charge is 0.194 e. The van der Waals surface area contributed by atoms with Crippen LogP contribution in [0.15, 0.2) is 107 Å². The predicted molar refractivity (Wildman–Crippen MR) is 137 cm³/mol. The molecule has 4 aromatic rings. The van der Waals surface area contributed by atoms with Crippen LogP contribution in [-0.2, 0) is 0 Å². The summed E-state index contributed by atoms with van der Waals surface area (Å²) in [5.41, 5.74) is 3.75. The number of rotatable bonds is 4. The van der Waals surface area contributed by atoms with Crippen LogP contribution in [0, 0.1) is 0 Å². The minimum atomic E-state index is -0.248. The number of benzene rings is 4. The van der Waals surface area contributed by atoms with Gasteiger partial charge in [0.2, 0.25) is 0 Å². The van der Waals surface area contributed by atoms with Crippen molar-refractivity contribution in [2.45, 2.75) is 0 Å². The molecule has 0 amide bonds. The molecule has 4 nitrogen and oxygen atoms in total. The lowest BCUT2D eigenvalue weighted by Gasteiger charge is -2.18. The van der Waals surface area contributed by atoms with E-state index in [2.05, 4.69) is 9.98 Å². The standard InChI is InChI=1S/C28H16Cl2N2O2/c29-27(17-7-3-1-4-8-17)31-19-11-13-21-23(15-19)25(33)22-14-12-20(16-24(22)26(21)34)32-28(30)18-9-5-2-6-10-18/h1-16H. The highest BCUT2D eigenvalue weighted by Gasteiger charge is 2.30. The van der Waals surface area contributed by atoms with Gasteiger partial charge >= 0.3 is 0 Å².